The molecule has 0 N–H and O–H groups in total. The van der Waals surface area contributed by atoms with Gasteiger partial charge in [0, 0.05) is 5.92 Å². The average Bonchev–Trinajstić information content (AvgIpc) is 3.29. The normalized spacial score (nSPS) is 49.8. The third-order valence-electron chi connectivity index (χ3n) is 5.53. The molecule has 4 unspecified atom stereocenters. The van der Waals surface area contributed by atoms with E-state index in [9.17, 15) is 14.4 Å². The van der Waals surface area contributed by atoms with E-state index in [4.69, 9.17) is 14.2 Å². The third kappa shape index (κ3) is 0.796. The highest BCUT2D eigenvalue weighted by molar-refractivity contribution is 6.16. The van der Waals surface area contributed by atoms with Crippen LogP contribution < -0.4 is 0 Å². The van der Waals surface area contributed by atoms with E-state index in [0.717, 1.165) is 5.57 Å². The fourth-order valence-electron chi connectivity index (χ4n) is 4.94. The molecule has 1 aliphatic heterocycles. The van der Waals surface area contributed by atoms with Gasteiger partial charge in [-0.1, -0.05) is 11.6 Å². The summed E-state index contributed by atoms with van der Waals surface area (Å²) in [7, 11) is 2.54. The number of epoxide rings is 1. The van der Waals surface area contributed by atoms with Crippen LogP contribution in [-0.2, 0) is 28.6 Å². The van der Waals surface area contributed by atoms with Crippen LogP contribution >= 0.6 is 0 Å². The molecule has 0 bridgehead atoms. The van der Waals surface area contributed by atoms with Crippen LogP contribution in [0.25, 0.3) is 0 Å². The van der Waals surface area contributed by atoms with Crippen LogP contribution in [0.2, 0.25) is 0 Å². The zero-order valence-corrected chi connectivity index (χ0v) is 11.4. The Morgan fingerprint density at radius 2 is 1.85 bits per heavy atom. The average molecular weight is 278 g/mol. The van der Waals surface area contributed by atoms with E-state index >= 15 is 0 Å². The SMILES string of the molecule is COC(=O)C12C=C(C)C3C1(C(=O)OC)C2C(=O)[C@]31CO1. The molecule has 0 aromatic rings. The topological polar surface area (TPSA) is 82.2 Å². The van der Waals surface area contributed by atoms with Crippen LogP contribution in [0.15, 0.2) is 11.6 Å². The molecule has 106 valence electrons. The minimum Gasteiger partial charge on any atom is -0.469 e. The Kier molecular flexibility index (Phi) is 1.80. The van der Waals surface area contributed by atoms with Gasteiger partial charge in [-0.25, -0.2) is 0 Å². The Balaban J connectivity index is 1.95. The van der Waals surface area contributed by atoms with E-state index in [1.165, 1.54) is 14.2 Å². The maximum absolute atomic E-state index is 12.6. The molecular formula is C14H14O6. The smallest absolute Gasteiger partial charge is 0.317 e. The van der Waals surface area contributed by atoms with E-state index in [0.29, 0.717) is 6.61 Å². The second-order valence-corrected chi connectivity index (χ2v) is 6.02. The summed E-state index contributed by atoms with van der Waals surface area (Å²) in [5.74, 6) is -2.33. The number of carbonyl (C=O) groups excluding carboxylic acids is 3. The highest BCUT2D eigenvalue weighted by Crippen LogP contribution is 2.87. The van der Waals surface area contributed by atoms with Gasteiger partial charge in [0.15, 0.2) is 11.4 Å². The maximum atomic E-state index is 12.6. The summed E-state index contributed by atoms with van der Waals surface area (Å²) in [5, 5.41) is 0. The first-order valence-electron chi connectivity index (χ1n) is 6.49. The minimum atomic E-state index is -1.18. The first-order valence-corrected chi connectivity index (χ1v) is 6.49. The Labute approximate surface area is 115 Å². The molecule has 1 saturated heterocycles. The molecule has 2 saturated carbocycles. The lowest BCUT2D eigenvalue weighted by atomic mass is 9.78. The highest BCUT2D eigenvalue weighted by Gasteiger charge is 3.00. The Morgan fingerprint density at radius 3 is 2.35 bits per heavy atom. The molecule has 1 heterocycles. The number of fused-ring (bicyclic) bond motifs is 2. The molecule has 5 atom stereocenters. The number of hydrogen-bond donors (Lipinski definition) is 0. The van der Waals surface area contributed by atoms with Gasteiger partial charge < -0.3 is 14.2 Å². The van der Waals surface area contributed by atoms with Crippen molar-refractivity contribution in [2.45, 2.75) is 12.5 Å². The first kappa shape index (κ1) is 12.1. The van der Waals surface area contributed by atoms with Crippen LogP contribution in [0, 0.1) is 22.7 Å². The van der Waals surface area contributed by atoms with Crippen LogP contribution in [-0.4, -0.2) is 44.1 Å². The van der Waals surface area contributed by atoms with E-state index in [2.05, 4.69) is 0 Å². The van der Waals surface area contributed by atoms with Gasteiger partial charge in [-0.3, -0.25) is 14.4 Å². The van der Waals surface area contributed by atoms with Gasteiger partial charge in [0.1, 0.15) is 10.8 Å². The molecule has 0 aromatic carbocycles. The lowest BCUT2D eigenvalue weighted by Gasteiger charge is -2.24. The van der Waals surface area contributed by atoms with Crippen molar-refractivity contribution < 1.29 is 28.6 Å². The molecule has 6 heteroatoms. The van der Waals surface area contributed by atoms with Crippen LogP contribution in [0.4, 0.5) is 0 Å². The van der Waals surface area contributed by atoms with Crippen molar-refractivity contribution in [1.82, 2.24) is 0 Å². The molecule has 0 amide bonds. The van der Waals surface area contributed by atoms with Gasteiger partial charge in [-0.2, -0.15) is 0 Å². The predicted molar refractivity (Wildman–Crippen MR) is 63.3 cm³/mol. The van der Waals surface area contributed by atoms with Crippen LogP contribution in [0.5, 0.6) is 0 Å². The number of hydrogen-bond acceptors (Lipinski definition) is 6. The van der Waals surface area contributed by atoms with E-state index in [1.54, 1.807) is 6.08 Å². The molecule has 4 aliphatic rings. The number of Topliss-reactive ketones (excluding diaryl/α,β-unsaturated/α-hetero) is 1. The largest absolute Gasteiger partial charge is 0.469 e. The van der Waals surface area contributed by atoms with Crippen molar-refractivity contribution in [3.05, 3.63) is 11.6 Å². The van der Waals surface area contributed by atoms with Gasteiger partial charge in [-0.15, -0.1) is 0 Å². The number of carbonyl (C=O) groups is 3. The zero-order chi connectivity index (χ0) is 14.5. The van der Waals surface area contributed by atoms with E-state index < -0.39 is 40.2 Å². The molecule has 3 fully saturated rings. The molecule has 0 radical (unpaired) electrons. The zero-order valence-electron chi connectivity index (χ0n) is 11.4. The number of methoxy groups -OCH3 is 2. The van der Waals surface area contributed by atoms with Crippen molar-refractivity contribution >= 4 is 17.7 Å². The Morgan fingerprint density at radius 1 is 1.25 bits per heavy atom. The summed E-state index contributed by atoms with van der Waals surface area (Å²) in [6, 6.07) is 0. The van der Waals surface area contributed by atoms with Gasteiger partial charge in [-0.05, 0) is 6.92 Å². The van der Waals surface area contributed by atoms with Gasteiger partial charge in [0.05, 0.1) is 26.7 Å². The standard InChI is InChI=1S/C14H14O6/c1-6-4-12(10(16)18-2)8-9(15)13(5-20-13)7(6)14(8,12)11(17)19-3/h4,7-8H,5H2,1-3H3/t7?,8?,12?,13-,14?/m0/s1. The molecule has 4 rings (SSSR count). The molecule has 20 heavy (non-hydrogen) atoms. The number of esters is 2. The lowest BCUT2D eigenvalue weighted by Crippen LogP contribution is -2.40. The monoisotopic (exact) mass is 278 g/mol. The summed E-state index contributed by atoms with van der Waals surface area (Å²) in [6.45, 7) is 2.14. The number of ketones is 1. The van der Waals surface area contributed by atoms with Crippen molar-refractivity contribution in [2.24, 2.45) is 22.7 Å². The van der Waals surface area contributed by atoms with Crippen molar-refractivity contribution in [1.29, 1.82) is 0 Å². The van der Waals surface area contributed by atoms with Crippen molar-refractivity contribution in [3.8, 4) is 0 Å². The van der Waals surface area contributed by atoms with E-state index in [1.807, 2.05) is 6.92 Å². The Bertz CT molecular complexity index is 615. The molecule has 3 aliphatic carbocycles. The molecule has 1 spiro atoms. The summed E-state index contributed by atoms with van der Waals surface area (Å²) in [4.78, 5) is 37.3. The third-order valence-corrected chi connectivity index (χ3v) is 5.53. The maximum Gasteiger partial charge on any atom is 0.317 e. The highest BCUT2D eigenvalue weighted by atomic mass is 16.6. The predicted octanol–water partition coefficient (Wildman–Crippen LogP) is -0.137. The summed E-state index contributed by atoms with van der Waals surface area (Å²) in [5.41, 5.74) is -2.40. The fraction of sp³-hybridized carbons (Fsp3) is 0.643. The molecular weight excluding hydrogens is 264 g/mol. The lowest BCUT2D eigenvalue weighted by molar-refractivity contribution is -0.157. The summed E-state index contributed by atoms with van der Waals surface area (Å²) < 4.78 is 15.2. The fourth-order valence-corrected chi connectivity index (χ4v) is 4.94. The van der Waals surface area contributed by atoms with Crippen molar-refractivity contribution in [3.63, 3.8) is 0 Å². The van der Waals surface area contributed by atoms with Crippen molar-refractivity contribution in [2.75, 3.05) is 20.8 Å². The van der Waals surface area contributed by atoms with Gasteiger partial charge >= 0.3 is 11.9 Å². The number of ether oxygens (including phenoxy) is 3. The summed E-state index contributed by atoms with van der Waals surface area (Å²) >= 11 is 0. The van der Waals surface area contributed by atoms with Crippen LogP contribution in [0.3, 0.4) is 0 Å². The first-order chi connectivity index (χ1) is 9.45. The summed E-state index contributed by atoms with van der Waals surface area (Å²) in [6.07, 6.45) is 1.72. The molecule has 0 aromatic heterocycles. The van der Waals surface area contributed by atoms with Crippen LogP contribution in [0.1, 0.15) is 6.92 Å². The quantitative estimate of drug-likeness (QED) is 0.397. The Hall–Kier alpha value is -1.69. The second kappa shape index (κ2) is 2.98. The van der Waals surface area contributed by atoms with Gasteiger partial charge in [0.2, 0.25) is 0 Å². The molecule has 6 nitrogen and oxygen atoms in total. The second-order valence-electron chi connectivity index (χ2n) is 6.02. The van der Waals surface area contributed by atoms with Gasteiger partial charge in [0.25, 0.3) is 0 Å². The minimum absolute atomic E-state index is 0.161. The van der Waals surface area contributed by atoms with E-state index in [-0.39, 0.29) is 5.78 Å². The number of rotatable bonds is 2.